The monoisotopic (exact) mass is 376 g/mol. The fourth-order valence-corrected chi connectivity index (χ4v) is 4.57. The first-order valence-corrected chi connectivity index (χ1v) is 9.82. The molecule has 0 saturated carbocycles. The van der Waals surface area contributed by atoms with Crippen LogP contribution in [-0.2, 0) is 0 Å². The summed E-state index contributed by atoms with van der Waals surface area (Å²) in [6.45, 7) is 2.00. The lowest BCUT2D eigenvalue weighted by Gasteiger charge is -1.93. The van der Waals surface area contributed by atoms with Gasteiger partial charge in [-0.05, 0) is 36.3 Å². The smallest absolute Gasteiger partial charge is 0.266 e. The fraction of sp³-hybridized carbons (Fsp3) is 0.0476. The Hall–Kier alpha value is -2.76. The maximum atomic E-state index is 12.2. The highest BCUT2D eigenvalue weighted by Gasteiger charge is 2.01. The van der Waals surface area contributed by atoms with Gasteiger partial charge in [-0.3, -0.25) is 4.79 Å². The molecule has 0 aliphatic carbocycles. The fourth-order valence-electron chi connectivity index (χ4n) is 2.65. The van der Waals surface area contributed by atoms with Gasteiger partial charge in [-0.2, -0.15) is 0 Å². The number of fused-ring (bicyclic) bond motifs is 1. The number of aromatic nitrogens is 2. The number of aromatic amines is 1. The van der Waals surface area contributed by atoms with Crippen LogP contribution in [0.5, 0.6) is 0 Å². The number of rotatable bonds is 3. The van der Waals surface area contributed by atoms with Gasteiger partial charge in [0.1, 0.15) is 5.01 Å². The lowest BCUT2D eigenvalue weighted by Crippen LogP contribution is -2.19. The molecule has 0 amide bonds. The van der Waals surface area contributed by atoms with Gasteiger partial charge in [-0.25, -0.2) is 4.98 Å². The van der Waals surface area contributed by atoms with Gasteiger partial charge in [-0.15, -0.1) is 22.7 Å². The number of nitrogens with zero attached hydrogens (tertiary/aromatic N) is 1. The number of para-hydroxylation sites is 1. The minimum atomic E-state index is -0.0665. The summed E-state index contributed by atoms with van der Waals surface area (Å²) in [5.74, 6) is 0. The summed E-state index contributed by atoms with van der Waals surface area (Å²) in [4.78, 5) is 19.8. The molecule has 0 bridgehead atoms. The van der Waals surface area contributed by atoms with E-state index in [4.69, 9.17) is 0 Å². The van der Waals surface area contributed by atoms with E-state index in [1.54, 1.807) is 11.3 Å². The van der Waals surface area contributed by atoms with Crippen molar-refractivity contribution in [3.8, 4) is 0 Å². The highest BCUT2D eigenvalue weighted by atomic mass is 32.1. The minimum absolute atomic E-state index is 0.0665. The number of benzene rings is 2. The van der Waals surface area contributed by atoms with Crippen molar-refractivity contribution in [2.45, 2.75) is 6.92 Å². The summed E-state index contributed by atoms with van der Waals surface area (Å²) < 4.78 is 2.65. The predicted molar refractivity (Wildman–Crippen MR) is 112 cm³/mol. The van der Waals surface area contributed by atoms with Crippen LogP contribution in [0.1, 0.15) is 17.5 Å². The van der Waals surface area contributed by atoms with Crippen molar-refractivity contribution < 1.29 is 0 Å². The molecule has 4 rings (SSSR count). The van der Waals surface area contributed by atoms with Gasteiger partial charge in [0.05, 0.1) is 19.4 Å². The molecule has 0 atom stereocenters. The van der Waals surface area contributed by atoms with Crippen molar-refractivity contribution >= 4 is 51.1 Å². The Labute approximate surface area is 158 Å². The number of thiazole rings is 2. The molecule has 2 aromatic heterocycles. The molecular weight excluding hydrogens is 360 g/mol. The molecule has 0 saturated heterocycles. The molecule has 4 aromatic rings. The first kappa shape index (κ1) is 16.7. The highest BCUT2D eigenvalue weighted by Crippen LogP contribution is 2.21. The van der Waals surface area contributed by atoms with Crippen LogP contribution in [0.3, 0.4) is 0 Å². The van der Waals surface area contributed by atoms with E-state index in [1.807, 2.05) is 67.6 Å². The van der Waals surface area contributed by atoms with Crippen LogP contribution in [0, 0.1) is 0 Å². The Bertz CT molecular complexity index is 1230. The van der Waals surface area contributed by atoms with Crippen molar-refractivity contribution in [1.82, 2.24) is 9.97 Å². The van der Waals surface area contributed by atoms with Crippen LogP contribution in [0.4, 0.5) is 0 Å². The molecule has 2 heterocycles. The third kappa shape index (κ3) is 3.74. The lowest BCUT2D eigenvalue weighted by atomic mass is 10.1. The maximum Gasteiger partial charge on any atom is 0.266 e. The van der Waals surface area contributed by atoms with E-state index in [9.17, 15) is 4.79 Å². The Morgan fingerprint density at radius 1 is 1.04 bits per heavy atom. The highest BCUT2D eigenvalue weighted by molar-refractivity contribution is 7.19. The number of nitrogens with one attached hydrogen (secondary N) is 1. The number of hydrogen-bond acceptors (Lipinski definition) is 4. The molecule has 0 aliphatic rings. The van der Waals surface area contributed by atoms with E-state index in [-0.39, 0.29) is 5.56 Å². The third-order valence-electron chi connectivity index (χ3n) is 3.80. The zero-order valence-electron chi connectivity index (χ0n) is 14.1. The Morgan fingerprint density at radius 2 is 1.81 bits per heavy atom. The van der Waals surface area contributed by atoms with Crippen molar-refractivity contribution in [2.24, 2.45) is 0 Å². The molecule has 0 radical (unpaired) electrons. The number of H-pyrrole nitrogens is 1. The SMILES string of the molecule is CC(/C=c1\s/c(=C/c2nc3ccccc3s2)[nH]c1=O)=C\c1ccccc1. The average molecular weight is 377 g/mol. The van der Waals surface area contributed by atoms with E-state index in [0.29, 0.717) is 4.53 Å². The molecule has 1 N–H and O–H groups in total. The summed E-state index contributed by atoms with van der Waals surface area (Å²) in [5, 5.41) is 0.895. The Balaban J connectivity index is 1.71. The van der Waals surface area contributed by atoms with Crippen molar-refractivity contribution in [3.05, 3.63) is 90.3 Å². The summed E-state index contributed by atoms with van der Waals surface area (Å²) in [5.41, 5.74) is 3.07. The van der Waals surface area contributed by atoms with Gasteiger partial charge in [0.2, 0.25) is 0 Å². The topological polar surface area (TPSA) is 45.8 Å². The van der Waals surface area contributed by atoms with E-state index < -0.39 is 0 Å². The van der Waals surface area contributed by atoms with Crippen LogP contribution in [-0.4, -0.2) is 9.97 Å². The van der Waals surface area contributed by atoms with E-state index >= 15 is 0 Å². The van der Waals surface area contributed by atoms with Crippen LogP contribution in [0.25, 0.3) is 28.4 Å². The molecule has 3 nitrogen and oxygen atoms in total. The number of allylic oxidation sites excluding steroid dienone is 1. The second-order valence-electron chi connectivity index (χ2n) is 5.89. The van der Waals surface area contributed by atoms with Gasteiger partial charge in [-0.1, -0.05) is 48.5 Å². The molecular formula is C21H16N2OS2. The Kier molecular flexibility index (Phi) is 4.65. The summed E-state index contributed by atoms with van der Waals surface area (Å²) in [7, 11) is 0. The van der Waals surface area contributed by atoms with Crippen LogP contribution in [0.2, 0.25) is 0 Å². The average Bonchev–Trinajstić information content (AvgIpc) is 3.18. The molecule has 0 aliphatic heterocycles. The molecule has 0 fully saturated rings. The standard InChI is InChI=1S/C21H16N2OS2/c1-14(11-15-7-3-2-4-8-15)12-18-21(24)23-20(26-18)13-19-22-16-9-5-6-10-17(16)25-19/h2-13H,1H3,(H,23,24)/b14-11+,18-12-,20-13+. The van der Waals surface area contributed by atoms with Gasteiger partial charge < -0.3 is 4.98 Å². The largest absolute Gasteiger partial charge is 0.313 e. The zero-order chi connectivity index (χ0) is 17.9. The quantitative estimate of drug-likeness (QED) is 0.592. The van der Waals surface area contributed by atoms with Crippen molar-refractivity contribution in [2.75, 3.05) is 0 Å². The summed E-state index contributed by atoms with van der Waals surface area (Å²) >= 11 is 3.07. The van der Waals surface area contributed by atoms with Gasteiger partial charge in [0, 0.05) is 6.08 Å². The molecule has 5 heteroatoms. The van der Waals surface area contributed by atoms with Crippen molar-refractivity contribution in [1.29, 1.82) is 0 Å². The second kappa shape index (κ2) is 7.23. The Morgan fingerprint density at radius 3 is 2.62 bits per heavy atom. The van der Waals surface area contributed by atoms with E-state index in [0.717, 1.165) is 31.0 Å². The van der Waals surface area contributed by atoms with Gasteiger partial charge in [0.15, 0.2) is 0 Å². The lowest BCUT2D eigenvalue weighted by molar-refractivity contribution is 1.25. The van der Waals surface area contributed by atoms with Crippen LogP contribution in [0.15, 0.2) is 65.0 Å². The van der Waals surface area contributed by atoms with E-state index in [2.05, 4.69) is 22.1 Å². The second-order valence-corrected chi connectivity index (χ2v) is 8.04. The third-order valence-corrected chi connectivity index (χ3v) is 5.74. The molecule has 128 valence electrons. The van der Waals surface area contributed by atoms with Gasteiger partial charge in [0.25, 0.3) is 5.56 Å². The predicted octanol–water partition coefficient (Wildman–Crippen LogP) is 3.76. The van der Waals surface area contributed by atoms with Gasteiger partial charge >= 0.3 is 0 Å². The minimum Gasteiger partial charge on any atom is -0.313 e. The van der Waals surface area contributed by atoms with Crippen molar-refractivity contribution in [3.63, 3.8) is 0 Å². The summed E-state index contributed by atoms with van der Waals surface area (Å²) in [6, 6.07) is 18.1. The normalized spacial score (nSPS) is 13.7. The van der Waals surface area contributed by atoms with Crippen LogP contribution < -0.4 is 14.8 Å². The molecule has 26 heavy (non-hydrogen) atoms. The first-order chi connectivity index (χ1) is 12.7. The van der Waals surface area contributed by atoms with E-state index in [1.165, 1.54) is 11.3 Å². The van der Waals surface area contributed by atoms with Crippen LogP contribution >= 0.6 is 22.7 Å². The molecule has 0 unspecified atom stereocenters. The first-order valence-electron chi connectivity index (χ1n) is 8.19. The maximum absolute atomic E-state index is 12.2. The molecule has 2 aromatic carbocycles. The zero-order valence-corrected chi connectivity index (χ0v) is 15.7. The summed E-state index contributed by atoms with van der Waals surface area (Å²) in [6.07, 6.45) is 5.92. The number of hydrogen-bond donors (Lipinski definition) is 1. The molecule has 0 spiro atoms.